The van der Waals surface area contributed by atoms with Crippen LogP contribution in [0, 0.1) is 6.92 Å². The average molecular weight is 428 g/mol. The van der Waals surface area contributed by atoms with E-state index in [4.69, 9.17) is 9.73 Å². The van der Waals surface area contributed by atoms with Crippen molar-refractivity contribution in [1.29, 1.82) is 0 Å². The zero-order valence-electron chi connectivity index (χ0n) is 19.4. The minimum absolute atomic E-state index is 0.446. The van der Waals surface area contributed by atoms with Gasteiger partial charge in [0.25, 0.3) is 0 Å². The molecule has 1 fully saturated rings. The Bertz CT molecular complexity index is 823. The van der Waals surface area contributed by atoms with Crippen molar-refractivity contribution in [3.63, 3.8) is 0 Å². The highest BCUT2D eigenvalue weighted by Gasteiger charge is 2.19. The molecule has 0 amide bonds. The summed E-state index contributed by atoms with van der Waals surface area (Å²) in [6, 6.07) is 8.67. The molecule has 8 heteroatoms. The number of nitrogens with one attached hydrogen (secondary N) is 2. The van der Waals surface area contributed by atoms with Crippen molar-refractivity contribution in [2.24, 2.45) is 12.0 Å². The number of rotatable bonds is 9. The van der Waals surface area contributed by atoms with Gasteiger partial charge >= 0.3 is 0 Å². The van der Waals surface area contributed by atoms with Gasteiger partial charge in [-0.3, -0.25) is 0 Å². The molecule has 0 aliphatic carbocycles. The van der Waals surface area contributed by atoms with Crippen LogP contribution in [0.5, 0.6) is 5.75 Å². The Morgan fingerprint density at radius 1 is 1.19 bits per heavy atom. The van der Waals surface area contributed by atoms with Crippen molar-refractivity contribution in [2.45, 2.75) is 52.1 Å². The summed E-state index contributed by atoms with van der Waals surface area (Å²) in [4.78, 5) is 7.36. The zero-order chi connectivity index (χ0) is 22.1. The lowest BCUT2D eigenvalue weighted by Gasteiger charge is -2.32. The number of hydrogen-bond acceptors (Lipinski definition) is 5. The maximum atomic E-state index is 5.24. The molecule has 31 heavy (non-hydrogen) atoms. The number of ether oxygens (including phenoxy) is 1. The van der Waals surface area contributed by atoms with Gasteiger partial charge in [0.15, 0.2) is 11.8 Å². The molecule has 2 aromatic rings. The standard InChI is InChI=1S/C23H37N7O/c1-5-14-30-15-11-20(12-16-30)26-23(25-17-22-28-27-18(2)29(22)3)24-13-10-19-6-8-21(31-4)9-7-19/h6-9,20H,5,10-17H2,1-4H3,(H2,24,25,26). The van der Waals surface area contributed by atoms with Gasteiger partial charge in [0.05, 0.1) is 7.11 Å². The number of aliphatic imine (C=N–C) groups is 1. The van der Waals surface area contributed by atoms with Gasteiger partial charge in [-0.1, -0.05) is 19.1 Å². The summed E-state index contributed by atoms with van der Waals surface area (Å²) in [5, 5.41) is 15.5. The van der Waals surface area contributed by atoms with E-state index in [-0.39, 0.29) is 0 Å². The Labute approximate surface area is 186 Å². The summed E-state index contributed by atoms with van der Waals surface area (Å²) >= 11 is 0. The first kappa shape index (κ1) is 23.1. The van der Waals surface area contributed by atoms with E-state index in [2.05, 4.69) is 44.8 Å². The minimum Gasteiger partial charge on any atom is -0.497 e. The lowest BCUT2D eigenvalue weighted by atomic mass is 10.1. The lowest BCUT2D eigenvalue weighted by Crippen LogP contribution is -2.49. The normalized spacial score (nSPS) is 15.8. The highest BCUT2D eigenvalue weighted by atomic mass is 16.5. The summed E-state index contributed by atoms with van der Waals surface area (Å²) in [7, 11) is 3.67. The van der Waals surface area contributed by atoms with Gasteiger partial charge in [0.1, 0.15) is 18.1 Å². The van der Waals surface area contributed by atoms with Crippen LogP contribution in [0.25, 0.3) is 0 Å². The Balaban J connectivity index is 1.58. The van der Waals surface area contributed by atoms with Crippen LogP contribution in [0.1, 0.15) is 43.4 Å². The molecule has 8 nitrogen and oxygen atoms in total. The van der Waals surface area contributed by atoms with Crippen molar-refractivity contribution >= 4 is 5.96 Å². The summed E-state index contributed by atoms with van der Waals surface area (Å²) < 4.78 is 7.23. The van der Waals surface area contributed by atoms with Crippen molar-refractivity contribution < 1.29 is 4.74 Å². The average Bonchev–Trinajstić information content (AvgIpc) is 3.11. The number of hydrogen-bond donors (Lipinski definition) is 2. The van der Waals surface area contributed by atoms with Gasteiger partial charge in [0.2, 0.25) is 0 Å². The number of aryl methyl sites for hydroxylation is 1. The lowest BCUT2D eigenvalue weighted by molar-refractivity contribution is 0.206. The number of benzene rings is 1. The fourth-order valence-corrected chi connectivity index (χ4v) is 3.82. The molecule has 2 N–H and O–H groups in total. The van der Waals surface area contributed by atoms with Crippen LogP contribution in [0.4, 0.5) is 0 Å². The molecular weight excluding hydrogens is 390 g/mol. The van der Waals surface area contributed by atoms with E-state index in [9.17, 15) is 0 Å². The largest absolute Gasteiger partial charge is 0.497 e. The van der Waals surface area contributed by atoms with E-state index >= 15 is 0 Å². The third-order valence-electron chi connectivity index (χ3n) is 5.89. The van der Waals surface area contributed by atoms with Gasteiger partial charge in [-0.15, -0.1) is 10.2 Å². The zero-order valence-corrected chi connectivity index (χ0v) is 19.4. The van der Waals surface area contributed by atoms with Crippen molar-refractivity contribution in [3.8, 4) is 5.75 Å². The van der Waals surface area contributed by atoms with Gasteiger partial charge in [-0.25, -0.2) is 4.99 Å². The van der Waals surface area contributed by atoms with E-state index in [1.165, 1.54) is 18.5 Å². The number of piperidine rings is 1. The molecule has 0 unspecified atom stereocenters. The summed E-state index contributed by atoms with van der Waals surface area (Å²) in [5.41, 5.74) is 1.27. The van der Waals surface area contributed by atoms with Gasteiger partial charge in [-0.2, -0.15) is 0 Å². The first-order valence-electron chi connectivity index (χ1n) is 11.3. The van der Waals surface area contributed by atoms with Gasteiger partial charge in [-0.05, 0) is 56.8 Å². The van der Waals surface area contributed by atoms with Crippen molar-refractivity contribution in [1.82, 2.24) is 30.3 Å². The van der Waals surface area contributed by atoms with Crippen LogP contribution in [-0.2, 0) is 20.0 Å². The third kappa shape index (κ3) is 6.95. The van der Waals surface area contributed by atoms with Crippen LogP contribution in [-0.4, -0.2) is 65.0 Å². The molecule has 0 saturated carbocycles. The van der Waals surface area contributed by atoms with Crippen LogP contribution in [0.3, 0.4) is 0 Å². The summed E-state index contributed by atoms with van der Waals surface area (Å²) in [5.74, 6) is 3.50. The summed E-state index contributed by atoms with van der Waals surface area (Å²) in [6.45, 7) is 9.00. The number of aromatic nitrogens is 3. The van der Waals surface area contributed by atoms with E-state index in [0.29, 0.717) is 12.6 Å². The van der Waals surface area contributed by atoms with E-state index in [1.807, 2.05) is 30.7 Å². The van der Waals surface area contributed by atoms with Crippen LogP contribution < -0.4 is 15.4 Å². The molecule has 1 aromatic heterocycles. The number of methoxy groups -OCH3 is 1. The molecule has 3 rings (SSSR count). The molecule has 1 saturated heterocycles. The second kappa shape index (κ2) is 11.7. The quantitative estimate of drug-likeness (QED) is 0.472. The topological polar surface area (TPSA) is 79.6 Å². The van der Waals surface area contributed by atoms with Crippen LogP contribution in [0.2, 0.25) is 0 Å². The smallest absolute Gasteiger partial charge is 0.191 e. The highest BCUT2D eigenvalue weighted by Crippen LogP contribution is 2.12. The summed E-state index contributed by atoms with van der Waals surface area (Å²) in [6.07, 6.45) is 4.42. The second-order valence-electron chi connectivity index (χ2n) is 8.17. The van der Waals surface area contributed by atoms with Gasteiger partial charge in [0, 0.05) is 32.7 Å². The van der Waals surface area contributed by atoms with Crippen molar-refractivity contribution in [3.05, 3.63) is 41.5 Å². The van der Waals surface area contributed by atoms with E-state index in [1.54, 1.807) is 7.11 Å². The maximum absolute atomic E-state index is 5.24. The Hall–Kier alpha value is -2.61. The Morgan fingerprint density at radius 3 is 2.55 bits per heavy atom. The number of likely N-dealkylation sites (tertiary alicyclic amines) is 1. The Kier molecular flexibility index (Phi) is 8.70. The highest BCUT2D eigenvalue weighted by molar-refractivity contribution is 5.80. The number of guanidine groups is 1. The molecule has 0 spiro atoms. The minimum atomic E-state index is 0.446. The SMILES string of the molecule is CCCN1CCC(NC(=NCc2nnc(C)n2C)NCCc2ccc(OC)cc2)CC1. The van der Waals surface area contributed by atoms with Crippen molar-refractivity contribution in [2.75, 3.05) is 33.3 Å². The molecule has 0 atom stereocenters. The van der Waals surface area contributed by atoms with Gasteiger partial charge < -0.3 is 24.8 Å². The molecule has 170 valence electrons. The molecule has 1 aromatic carbocycles. The fraction of sp³-hybridized carbons (Fsp3) is 0.609. The first-order valence-corrected chi connectivity index (χ1v) is 11.3. The molecule has 0 radical (unpaired) electrons. The fourth-order valence-electron chi connectivity index (χ4n) is 3.82. The van der Waals surface area contributed by atoms with E-state index < -0.39 is 0 Å². The van der Waals surface area contributed by atoms with Crippen LogP contribution >= 0.6 is 0 Å². The number of nitrogens with zero attached hydrogens (tertiary/aromatic N) is 5. The second-order valence-corrected chi connectivity index (χ2v) is 8.17. The molecule has 2 heterocycles. The first-order chi connectivity index (χ1) is 15.1. The third-order valence-corrected chi connectivity index (χ3v) is 5.89. The molecule has 0 bridgehead atoms. The van der Waals surface area contributed by atoms with E-state index in [0.717, 1.165) is 62.3 Å². The molecule has 1 aliphatic rings. The molecular formula is C23H37N7O. The monoisotopic (exact) mass is 427 g/mol. The predicted molar refractivity (Wildman–Crippen MR) is 124 cm³/mol. The predicted octanol–water partition coefficient (Wildman–Crippen LogP) is 2.28. The Morgan fingerprint density at radius 2 is 1.94 bits per heavy atom. The van der Waals surface area contributed by atoms with Crippen LogP contribution in [0.15, 0.2) is 29.3 Å². The molecule has 1 aliphatic heterocycles. The maximum Gasteiger partial charge on any atom is 0.191 e.